The van der Waals surface area contributed by atoms with Crippen LogP contribution in [0.4, 0.5) is 0 Å². The molecule has 2 fully saturated rings. The number of hydrogen-bond acceptors (Lipinski definition) is 10. The molecule has 45 heavy (non-hydrogen) atoms. The van der Waals surface area contributed by atoms with Crippen molar-refractivity contribution < 1.29 is 37.4 Å². The van der Waals surface area contributed by atoms with E-state index in [0.29, 0.717) is 11.8 Å². The van der Waals surface area contributed by atoms with Crippen LogP contribution in [0.1, 0.15) is 60.6 Å². The summed E-state index contributed by atoms with van der Waals surface area (Å²) in [4.78, 5) is 39.6. The number of aromatic nitrogens is 2. The second kappa shape index (κ2) is 12.8. The normalized spacial score (nSPS) is 26.6. The molecule has 2 aromatic carbocycles. The summed E-state index contributed by atoms with van der Waals surface area (Å²) in [5.41, 5.74) is -2.47. The van der Waals surface area contributed by atoms with Crippen molar-refractivity contribution in [2.45, 2.75) is 96.4 Å². The lowest BCUT2D eigenvalue weighted by atomic mass is 9.94. The average Bonchev–Trinajstić information content (AvgIpc) is 3.38. The lowest BCUT2D eigenvalue weighted by Crippen LogP contribution is -2.46. The number of benzene rings is 2. The summed E-state index contributed by atoms with van der Waals surface area (Å²) in [5, 5.41) is 4.28. The van der Waals surface area contributed by atoms with Crippen molar-refractivity contribution in [2.75, 3.05) is 6.61 Å². The lowest BCUT2D eigenvalue weighted by Gasteiger charge is -2.31. The Balaban J connectivity index is 1.47. The monoisotopic (exact) mass is 645 g/mol. The highest BCUT2D eigenvalue weighted by Gasteiger charge is 2.66. The van der Waals surface area contributed by atoms with E-state index in [9.17, 15) is 18.9 Å². The number of carbonyl (C=O) groups is 1. The van der Waals surface area contributed by atoms with Crippen LogP contribution in [-0.2, 0) is 32.8 Å². The van der Waals surface area contributed by atoms with Gasteiger partial charge in [0.15, 0.2) is 12.0 Å². The molecule has 0 aliphatic carbocycles. The predicted molar refractivity (Wildman–Crippen MR) is 165 cm³/mol. The third-order valence-corrected chi connectivity index (χ3v) is 9.55. The van der Waals surface area contributed by atoms with Crippen molar-refractivity contribution in [1.82, 2.24) is 14.6 Å². The van der Waals surface area contributed by atoms with Crippen molar-refractivity contribution >= 4 is 24.5 Å². The van der Waals surface area contributed by atoms with E-state index in [1.807, 2.05) is 37.3 Å². The van der Waals surface area contributed by atoms with E-state index < -0.39 is 66.9 Å². The van der Waals surface area contributed by atoms with Gasteiger partial charge >= 0.3 is 19.4 Å². The zero-order valence-electron chi connectivity index (χ0n) is 26.2. The fraction of sp³-hybridized carbons (Fsp3) is 0.516. The Morgan fingerprint density at radius 3 is 2.58 bits per heavy atom. The molecule has 5 rings (SSSR count). The molecule has 0 radical (unpaired) electrons. The van der Waals surface area contributed by atoms with Crippen LogP contribution in [0.25, 0.3) is 10.8 Å². The van der Waals surface area contributed by atoms with Gasteiger partial charge in [-0.2, -0.15) is 5.09 Å². The minimum atomic E-state index is -4.34. The number of ether oxygens (including phenoxy) is 4. The molecule has 3 aromatic rings. The molecule has 14 heteroatoms. The fourth-order valence-electron chi connectivity index (χ4n) is 5.78. The zero-order chi connectivity index (χ0) is 32.6. The van der Waals surface area contributed by atoms with E-state index in [2.05, 4.69) is 10.1 Å². The largest absolute Gasteiger partial charge is 0.465 e. The van der Waals surface area contributed by atoms with Crippen molar-refractivity contribution in [1.29, 1.82) is 0 Å². The molecule has 0 bridgehead atoms. The molecule has 1 aromatic heterocycles. The van der Waals surface area contributed by atoms with E-state index in [4.69, 9.17) is 28.0 Å². The van der Waals surface area contributed by atoms with Gasteiger partial charge in [0.25, 0.3) is 5.56 Å². The van der Waals surface area contributed by atoms with Gasteiger partial charge in [0.1, 0.15) is 29.6 Å². The second-order valence-corrected chi connectivity index (χ2v) is 13.6. The van der Waals surface area contributed by atoms with Crippen molar-refractivity contribution in [2.24, 2.45) is 0 Å². The number of fused-ring (bicyclic) bond motifs is 2. The molecule has 0 amide bonds. The Labute approximate surface area is 260 Å². The Morgan fingerprint density at radius 1 is 1.11 bits per heavy atom. The minimum absolute atomic E-state index is 0.224. The summed E-state index contributed by atoms with van der Waals surface area (Å²) in [6, 6.07) is 12.9. The number of aromatic amines is 1. The Hall–Kier alpha value is -3.32. The maximum atomic E-state index is 14.6. The maximum Gasteiger partial charge on any atom is 0.459 e. The molecular weight excluding hydrogens is 605 g/mol. The maximum absolute atomic E-state index is 14.6. The number of unbranched alkanes of at least 4 members (excludes halogenated alkanes) is 1. The van der Waals surface area contributed by atoms with E-state index in [1.165, 1.54) is 23.8 Å². The number of nitrogens with one attached hydrogen (secondary N) is 2. The first-order valence-corrected chi connectivity index (χ1v) is 16.5. The second-order valence-electron chi connectivity index (χ2n) is 11.9. The molecule has 2 aliphatic rings. The third kappa shape index (κ3) is 6.94. The standard InChI is InChI=1S/C31H40N3O10P/c1-7-8-18-39-27(36)19(2)33-45(38,43-23-15-11-13-21-12-9-10-14-22(21)23)42-20(3)25-26-31(6,44-30(4,5)41-26)28(40-25)34-17-16-24(35)32-29(34)37/h9-17,19-20,25-26,28H,7-8,18H2,1-6H3,(H,33,38)(H,32,35,37)/t19-,20+,25+,26+,28+,31+,45?/m0/s1. The van der Waals surface area contributed by atoms with Gasteiger partial charge in [-0.05, 0) is 52.5 Å². The Bertz CT molecular complexity index is 1700. The van der Waals surface area contributed by atoms with E-state index in [1.54, 1.807) is 39.8 Å². The molecule has 2 saturated heterocycles. The van der Waals surface area contributed by atoms with Crippen LogP contribution < -0.4 is 20.9 Å². The van der Waals surface area contributed by atoms with E-state index >= 15 is 0 Å². The van der Waals surface area contributed by atoms with Crippen LogP contribution in [0.2, 0.25) is 0 Å². The van der Waals surface area contributed by atoms with Crippen molar-refractivity contribution in [3.8, 4) is 5.75 Å². The molecule has 13 nitrogen and oxygen atoms in total. The van der Waals surface area contributed by atoms with Gasteiger partial charge in [0.2, 0.25) is 0 Å². The average molecular weight is 646 g/mol. The van der Waals surface area contributed by atoms with E-state index in [0.717, 1.165) is 11.8 Å². The summed E-state index contributed by atoms with van der Waals surface area (Å²) in [6.07, 6.45) is -0.913. The quantitative estimate of drug-likeness (QED) is 0.163. The summed E-state index contributed by atoms with van der Waals surface area (Å²) in [5.74, 6) is -1.40. The number of rotatable bonds is 12. The van der Waals surface area contributed by atoms with E-state index in [-0.39, 0.29) is 12.4 Å². The number of H-pyrrole nitrogens is 1. The highest BCUT2D eigenvalue weighted by molar-refractivity contribution is 7.52. The zero-order valence-corrected chi connectivity index (χ0v) is 27.1. The smallest absolute Gasteiger partial charge is 0.459 e. The highest BCUT2D eigenvalue weighted by Crippen LogP contribution is 2.54. The van der Waals surface area contributed by atoms with Gasteiger partial charge in [0, 0.05) is 17.6 Å². The molecule has 0 spiro atoms. The number of esters is 1. The van der Waals surface area contributed by atoms with Crippen LogP contribution in [-0.4, -0.2) is 57.9 Å². The molecule has 2 aliphatic heterocycles. The number of carbonyl (C=O) groups excluding carboxylic acids is 1. The minimum Gasteiger partial charge on any atom is -0.465 e. The molecule has 0 saturated carbocycles. The summed E-state index contributed by atoms with van der Waals surface area (Å²) >= 11 is 0. The van der Waals surface area contributed by atoms with Crippen LogP contribution in [0.5, 0.6) is 5.75 Å². The van der Waals surface area contributed by atoms with Crippen LogP contribution >= 0.6 is 7.75 Å². The van der Waals surface area contributed by atoms with Crippen LogP contribution in [0, 0.1) is 0 Å². The number of nitrogens with zero attached hydrogens (tertiary/aromatic N) is 1. The predicted octanol–water partition coefficient (Wildman–Crippen LogP) is 4.41. The van der Waals surface area contributed by atoms with Crippen LogP contribution in [0.15, 0.2) is 64.3 Å². The molecule has 7 atom stereocenters. The molecule has 2 N–H and O–H groups in total. The van der Waals surface area contributed by atoms with Gasteiger partial charge in [-0.3, -0.25) is 23.7 Å². The highest BCUT2D eigenvalue weighted by atomic mass is 31.2. The Morgan fingerprint density at radius 2 is 1.84 bits per heavy atom. The lowest BCUT2D eigenvalue weighted by molar-refractivity contribution is -0.222. The van der Waals surface area contributed by atoms with Gasteiger partial charge in [-0.1, -0.05) is 49.7 Å². The molecule has 244 valence electrons. The van der Waals surface area contributed by atoms with Gasteiger partial charge in [0.05, 0.1) is 12.7 Å². The first-order valence-electron chi connectivity index (χ1n) is 15.0. The first kappa shape index (κ1) is 33.1. The van der Waals surface area contributed by atoms with Gasteiger partial charge in [-0.15, -0.1) is 0 Å². The summed E-state index contributed by atoms with van der Waals surface area (Å²) in [6.45, 7) is 10.5. The van der Waals surface area contributed by atoms with Gasteiger partial charge < -0.3 is 23.5 Å². The van der Waals surface area contributed by atoms with Crippen LogP contribution in [0.3, 0.4) is 0 Å². The third-order valence-electron chi connectivity index (χ3n) is 7.80. The number of hydrogen-bond donors (Lipinski definition) is 2. The molecule has 3 heterocycles. The topological polar surface area (TPSA) is 156 Å². The van der Waals surface area contributed by atoms with Gasteiger partial charge in [-0.25, -0.2) is 9.36 Å². The fourth-order valence-corrected chi connectivity index (χ4v) is 7.49. The van der Waals surface area contributed by atoms with Crippen molar-refractivity contribution in [3.05, 3.63) is 75.6 Å². The summed E-state index contributed by atoms with van der Waals surface area (Å²) in [7, 11) is -4.34. The molecule has 1 unspecified atom stereocenters. The first-order chi connectivity index (χ1) is 21.2. The van der Waals surface area contributed by atoms with Crippen molar-refractivity contribution in [3.63, 3.8) is 0 Å². The molecular formula is C31H40N3O10P. The Kier molecular flexibility index (Phi) is 9.42. The SMILES string of the molecule is CCCCOC(=O)[C@H](C)NP(=O)(Oc1cccc2ccccc12)O[C@H](C)[C@H]1O[C@@H](n2ccc(=O)[nH]c2=O)[C@]2(C)OC(C)(C)O[C@H]12. The summed E-state index contributed by atoms with van der Waals surface area (Å²) < 4.78 is 52.3.